The Morgan fingerprint density at radius 3 is 2.75 bits per heavy atom. The number of para-hydroxylation sites is 2. The number of hydrogen-bond donors (Lipinski definition) is 2. The Balaban J connectivity index is 2.16. The lowest BCUT2D eigenvalue weighted by atomic mass is 9.84. The normalized spacial score (nSPS) is 25.8. The van der Waals surface area contributed by atoms with Crippen molar-refractivity contribution in [2.75, 3.05) is 5.32 Å². The van der Waals surface area contributed by atoms with Gasteiger partial charge in [0.25, 0.3) is 0 Å². The Kier molecular flexibility index (Phi) is 4.33. The lowest BCUT2D eigenvalue weighted by molar-refractivity contribution is -0.125. The first kappa shape index (κ1) is 14.9. The number of benzene rings is 1. The Hall–Kier alpha value is -1.55. The number of carbonyl (C=O) groups is 1. The van der Waals surface area contributed by atoms with Crippen LogP contribution in [-0.2, 0) is 4.79 Å². The maximum Gasteiger partial charge on any atom is 0.231 e. The smallest absolute Gasteiger partial charge is 0.231 e. The third-order valence-corrected chi connectivity index (χ3v) is 4.05. The Morgan fingerprint density at radius 2 is 2.15 bits per heavy atom. The summed E-state index contributed by atoms with van der Waals surface area (Å²) in [5.41, 5.74) is 6.33. The highest BCUT2D eigenvalue weighted by Gasteiger charge is 2.43. The summed E-state index contributed by atoms with van der Waals surface area (Å²) in [6.45, 7) is 5.88. The molecule has 1 aliphatic rings. The Bertz CT molecular complexity index is 487. The predicted octanol–water partition coefficient (Wildman–Crippen LogP) is 2.93. The molecule has 1 aromatic rings. The summed E-state index contributed by atoms with van der Waals surface area (Å²) in [7, 11) is 0. The van der Waals surface area contributed by atoms with E-state index in [0.29, 0.717) is 11.4 Å². The molecular formula is C16H24N2O2. The van der Waals surface area contributed by atoms with Crippen LogP contribution < -0.4 is 15.8 Å². The minimum Gasteiger partial charge on any atom is -0.489 e. The highest BCUT2D eigenvalue weighted by Crippen LogP contribution is 2.38. The van der Waals surface area contributed by atoms with Crippen molar-refractivity contribution < 1.29 is 9.53 Å². The van der Waals surface area contributed by atoms with Crippen LogP contribution in [0.2, 0.25) is 0 Å². The van der Waals surface area contributed by atoms with E-state index >= 15 is 0 Å². The molecule has 0 aromatic heterocycles. The van der Waals surface area contributed by atoms with E-state index in [2.05, 4.69) is 5.32 Å². The van der Waals surface area contributed by atoms with E-state index in [1.54, 1.807) is 0 Å². The molecule has 1 fully saturated rings. The van der Waals surface area contributed by atoms with Crippen molar-refractivity contribution in [3.63, 3.8) is 0 Å². The molecule has 0 bridgehead atoms. The monoisotopic (exact) mass is 276 g/mol. The quantitative estimate of drug-likeness (QED) is 0.888. The molecule has 2 unspecified atom stereocenters. The van der Waals surface area contributed by atoms with E-state index in [0.717, 1.165) is 19.3 Å². The van der Waals surface area contributed by atoms with Gasteiger partial charge in [-0.25, -0.2) is 0 Å². The minimum atomic E-state index is -0.481. The molecule has 20 heavy (non-hydrogen) atoms. The third kappa shape index (κ3) is 2.96. The van der Waals surface area contributed by atoms with Gasteiger partial charge in [0.15, 0.2) is 0 Å². The molecule has 0 spiro atoms. The lowest BCUT2D eigenvalue weighted by Crippen LogP contribution is -2.44. The molecule has 4 heteroatoms. The van der Waals surface area contributed by atoms with E-state index in [-0.39, 0.29) is 18.1 Å². The summed E-state index contributed by atoms with van der Waals surface area (Å²) in [6.07, 6.45) is 2.83. The molecule has 1 aromatic carbocycles. The highest BCUT2D eigenvalue weighted by molar-refractivity contribution is 5.97. The number of rotatable bonds is 4. The van der Waals surface area contributed by atoms with Crippen molar-refractivity contribution in [2.45, 2.75) is 52.2 Å². The van der Waals surface area contributed by atoms with Gasteiger partial charge in [-0.2, -0.15) is 0 Å². The number of carbonyl (C=O) groups excluding carboxylic acids is 1. The molecule has 0 saturated heterocycles. The van der Waals surface area contributed by atoms with Gasteiger partial charge in [0.2, 0.25) is 5.91 Å². The van der Waals surface area contributed by atoms with Crippen LogP contribution in [0.3, 0.4) is 0 Å². The molecule has 0 radical (unpaired) electrons. The fourth-order valence-electron chi connectivity index (χ4n) is 2.67. The zero-order valence-electron chi connectivity index (χ0n) is 12.5. The zero-order valence-corrected chi connectivity index (χ0v) is 12.5. The molecule has 2 rings (SSSR count). The topological polar surface area (TPSA) is 64.3 Å². The molecule has 0 heterocycles. The average molecular weight is 276 g/mol. The first-order chi connectivity index (χ1) is 9.43. The summed E-state index contributed by atoms with van der Waals surface area (Å²) < 4.78 is 5.72. The van der Waals surface area contributed by atoms with Crippen LogP contribution in [0.15, 0.2) is 24.3 Å². The van der Waals surface area contributed by atoms with E-state index in [9.17, 15) is 4.79 Å². The summed E-state index contributed by atoms with van der Waals surface area (Å²) in [5.74, 6) is 0.688. The van der Waals surface area contributed by atoms with Gasteiger partial charge in [0.05, 0.1) is 17.2 Å². The molecule has 1 aliphatic carbocycles. The third-order valence-electron chi connectivity index (χ3n) is 4.05. The van der Waals surface area contributed by atoms with E-state index in [1.165, 1.54) is 0 Å². The second kappa shape index (κ2) is 5.83. The van der Waals surface area contributed by atoms with Gasteiger partial charge < -0.3 is 15.8 Å². The van der Waals surface area contributed by atoms with Gasteiger partial charge in [-0.15, -0.1) is 0 Å². The van der Waals surface area contributed by atoms with Crippen LogP contribution >= 0.6 is 0 Å². The summed E-state index contributed by atoms with van der Waals surface area (Å²) >= 11 is 0. The van der Waals surface area contributed by atoms with Crippen molar-refractivity contribution >= 4 is 11.6 Å². The lowest BCUT2D eigenvalue weighted by Gasteiger charge is -2.28. The first-order valence-electron chi connectivity index (χ1n) is 7.26. The molecule has 4 nitrogen and oxygen atoms in total. The number of ether oxygens (including phenoxy) is 1. The van der Waals surface area contributed by atoms with Crippen molar-refractivity contribution in [3.05, 3.63) is 24.3 Å². The number of anilines is 1. The largest absolute Gasteiger partial charge is 0.489 e. The molecule has 110 valence electrons. The number of nitrogens with two attached hydrogens (primary N) is 1. The van der Waals surface area contributed by atoms with E-state index in [1.807, 2.05) is 45.0 Å². The molecule has 1 amide bonds. The zero-order chi connectivity index (χ0) is 14.8. The van der Waals surface area contributed by atoms with Crippen molar-refractivity contribution in [1.29, 1.82) is 0 Å². The van der Waals surface area contributed by atoms with Crippen molar-refractivity contribution in [2.24, 2.45) is 11.1 Å². The molecule has 2 atom stereocenters. The van der Waals surface area contributed by atoms with Gasteiger partial charge in [-0.3, -0.25) is 4.79 Å². The summed E-state index contributed by atoms with van der Waals surface area (Å²) in [6, 6.07) is 7.45. The number of hydrogen-bond acceptors (Lipinski definition) is 3. The maximum atomic E-state index is 12.5. The molecule has 3 N–H and O–H groups in total. The number of nitrogens with one attached hydrogen (secondary N) is 1. The SMILES string of the molecule is CC(C)Oc1ccccc1NC(=O)C1(C)CCCC1N. The first-order valence-corrected chi connectivity index (χ1v) is 7.26. The van der Waals surface area contributed by atoms with Gasteiger partial charge in [0, 0.05) is 6.04 Å². The van der Waals surface area contributed by atoms with E-state index < -0.39 is 5.41 Å². The van der Waals surface area contributed by atoms with Crippen LogP contribution in [0.5, 0.6) is 5.75 Å². The van der Waals surface area contributed by atoms with Crippen molar-refractivity contribution in [3.8, 4) is 5.75 Å². The fraction of sp³-hybridized carbons (Fsp3) is 0.562. The summed E-state index contributed by atoms with van der Waals surface area (Å²) in [4.78, 5) is 12.5. The molecule has 1 saturated carbocycles. The summed E-state index contributed by atoms with van der Waals surface area (Å²) in [5, 5.41) is 2.98. The van der Waals surface area contributed by atoms with Crippen molar-refractivity contribution in [1.82, 2.24) is 0 Å². The van der Waals surface area contributed by atoms with E-state index in [4.69, 9.17) is 10.5 Å². The number of amides is 1. The van der Waals surface area contributed by atoms with Crippen LogP contribution in [0.1, 0.15) is 40.0 Å². The average Bonchev–Trinajstić information content (AvgIpc) is 2.73. The van der Waals surface area contributed by atoms with Crippen LogP contribution in [0, 0.1) is 5.41 Å². The van der Waals surface area contributed by atoms with Crippen LogP contribution in [0.25, 0.3) is 0 Å². The second-order valence-electron chi connectivity index (χ2n) is 6.03. The Labute approximate surface area is 120 Å². The molecular weight excluding hydrogens is 252 g/mol. The maximum absolute atomic E-state index is 12.5. The van der Waals surface area contributed by atoms with Crippen LogP contribution in [0.4, 0.5) is 5.69 Å². The second-order valence-corrected chi connectivity index (χ2v) is 6.03. The van der Waals surface area contributed by atoms with Gasteiger partial charge in [0.1, 0.15) is 5.75 Å². The highest BCUT2D eigenvalue weighted by atomic mass is 16.5. The standard InChI is InChI=1S/C16H24N2O2/c1-11(2)20-13-8-5-4-7-12(13)18-15(19)16(3)10-6-9-14(16)17/h4-5,7-8,11,14H,6,9-10,17H2,1-3H3,(H,18,19). The van der Waals surface area contributed by atoms with Crippen LogP contribution in [-0.4, -0.2) is 18.1 Å². The Morgan fingerprint density at radius 1 is 1.45 bits per heavy atom. The van der Waals surface area contributed by atoms with Gasteiger partial charge in [-0.05, 0) is 45.7 Å². The minimum absolute atomic E-state index is 0.0118. The predicted molar refractivity (Wildman–Crippen MR) is 80.8 cm³/mol. The fourth-order valence-corrected chi connectivity index (χ4v) is 2.67. The molecule has 0 aliphatic heterocycles. The van der Waals surface area contributed by atoms with Gasteiger partial charge >= 0.3 is 0 Å². The van der Waals surface area contributed by atoms with Gasteiger partial charge in [-0.1, -0.05) is 18.6 Å².